The van der Waals surface area contributed by atoms with Crippen molar-refractivity contribution in [2.75, 3.05) is 4.90 Å². The summed E-state index contributed by atoms with van der Waals surface area (Å²) in [5.41, 5.74) is 2.57. The summed E-state index contributed by atoms with van der Waals surface area (Å²) in [6.45, 7) is 4.07. The number of anilines is 1. The van der Waals surface area contributed by atoms with E-state index in [2.05, 4.69) is 0 Å². The minimum atomic E-state index is -0.718. The molecule has 0 spiro atoms. The number of amides is 2. The average molecular weight is 459 g/mol. The molecule has 1 fully saturated rings. The Hall–Kier alpha value is -3.51. The highest BCUT2D eigenvalue weighted by Crippen LogP contribution is 2.66. The van der Waals surface area contributed by atoms with Gasteiger partial charge in [0.05, 0.1) is 27.5 Å². The molecule has 0 radical (unpaired) electrons. The van der Waals surface area contributed by atoms with Gasteiger partial charge in [0.15, 0.2) is 0 Å². The minimum Gasteiger partial charge on any atom is -0.274 e. The van der Waals surface area contributed by atoms with Gasteiger partial charge in [-0.1, -0.05) is 74.0 Å². The maximum atomic E-state index is 14.0. The van der Waals surface area contributed by atoms with Crippen molar-refractivity contribution in [1.29, 1.82) is 0 Å². The number of imide groups is 1. The molecule has 4 aliphatic rings. The average Bonchev–Trinajstić information content (AvgIpc) is 3.09. The van der Waals surface area contributed by atoms with Crippen LogP contribution in [-0.2, 0) is 20.4 Å². The van der Waals surface area contributed by atoms with Crippen molar-refractivity contribution in [1.82, 2.24) is 0 Å². The number of nitrogens with zero attached hydrogens (tertiary/aromatic N) is 2. The van der Waals surface area contributed by atoms with Gasteiger partial charge in [0.25, 0.3) is 5.69 Å². The van der Waals surface area contributed by atoms with Gasteiger partial charge in [0, 0.05) is 23.0 Å². The molecule has 7 heteroatoms. The summed E-state index contributed by atoms with van der Waals surface area (Å²) in [6, 6.07) is 19.8. The summed E-state index contributed by atoms with van der Waals surface area (Å²) in [5, 5.41) is 11.5. The Morgan fingerprint density at radius 2 is 1.24 bits per heavy atom. The van der Waals surface area contributed by atoms with E-state index in [1.165, 1.54) is 18.2 Å². The lowest BCUT2D eigenvalue weighted by Gasteiger charge is -2.57. The Balaban J connectivity index is 1.64. The van der Waals surface area contributed by atoms with Crippen LogP contribution >= 0.6 is 11.6 Å². The number of nitro groups is 1. The van der Waals surface area contributed by atoms with E-state index in [0.717, 1.165) is 27.2 Å². The van der Waals surface area contributed by atoms with Crippen LogP contribution in [0.4, 0.5) is 11.4 Å². The molecule has 1 heterocycles. The Labute approximate surface area is 194 Å². The van der Waals surface area contributed by atoms with Crippen LogP contribution in [0.2, 0.25) is 5.02 Å². The molecule has 1 aliphatic heterocycles. The van der Waals surface area contributed by atoms with E-state index in [1.807, 2.05) is 62.4 Å². The van der Waals surface area contributed by atoms with Gasteiger partial charge < -0.3 is 0 Å². The van der Waals surface area contributed by atoms with E-state index in [-0.39, 0.29) is 28.2 Å². The maximum absolute atomic E-state index is 14.0. The van der Waals surface area contributed by atoms with Crippen molar-refractivity contribution in [3.05, 3.63) is 104 Å². The Bertz CT molecular complexity index is 1290. The first-order chi connectivity index (χ1) is 15.7. The molecule has 7 rings (SSSR count). The van der Waals surface area contributed by atoms with Crippen molar-refractivity contribution in [2.24, 2.45) is 11.8 Å². The van der Waals surface area contributed by atoms with Gasteiger partial charge in [-0.3, -0.25) is 19.7 Å². The standard InChI is InChI=1S/C26H19ClN2O4/c1-25-15-7-3-5-9-17(15)26(2,18-10-6-4-8-16(18)25)22-21(25)23(30)28(24(22)31)20-13-14(29(32)33)11-12-19(20)27/h3-13,21-22H,1-2H3/t21-,22+,25?,26?. The van der Waals surface area contributed by atoms with Gasteiger partial charge in [-0.05, 0) is 28.3 Å². The van der Waals surface area contributed by atoms with E-state index in [1.54, 1.807) is 0 Å². The van der Waals surface area contributed by atoms with Crippen LogP contribution in [0, 0.1) is 22.0 Å². The lowest BCUT2D eigenvalue weighted by Crippen LogP contribution is -2.59. The van der Waals surface area contributed by atoms with Crippen molar-refractivity contribution in [3.8, 4) is 0 Å². The molecule has 6 nitrogen and oxygen atoms in total. The lowest BCUT2D eigenvalue weighted by atomic mass is 9.42. The van der Waals surface area contributed by atoms with Crippen LogP contribution in [0.1, 0.15) is 36.1 Å². The van der Waals surface area contributed by atoms with Crippen molar-refractivity contribution < 1.29 is 14.5 Å². The molecule has 2 atom stereocenters. The predicted octanol–water partition coefficient (Wildman–Crippen LogP) is 4.99. The van der Waals surface area contributed by atoms with Gasteiger partial charge >= 0.3 is 0 Å². The van der Waals surface area contributed by atoms with Crippen molar-refractivity contribution in [3.63, 3.8) is 0 Å². The molecule has 0 N–H and O–H groups in total. The molecule has 2 amide bonds. The molecule has 1 saturated heterocycles. The zero-order chi connectivity index (χ0) is 23.3. The zero-order valence-electron chi connectivity index (χ0n) is 17.9. The molecule has 0 saturated carbocycles. The van der Waals surface area contributed by atoms with Gasteiger partial charge in [-0.2, -0.15) is 0 Å². The Morgan fingerprint density at radius 3 is 1.64 bits per heavy atom. The second kappa shape index (κ2) is 6.29. The lowest BCUT2D eigenvalue weighted by molar-refractivity contribution is -0.384. The quantitative estimate of drug-likeness (QED) is 0.307. The topological polar surface area (TPSA) is 80.5 Å². The highest BCUT2D eigenvalue weighted by molar-refractivity contribution is 6.36. The molecule has 2 bridgehead atoms. The first kappa shape index (κ1) is 20.1. The Kier molecular flexibility index (Phi) is 3.84. The molecule has 0 unspecified atom stereocenters. The van der Waals surface area contributed by atoms with Gasteiger partial charge in [0.2, 0.25) is 11.8 Å². The van der Waals surface area contributed by atoms with Crippen molar-refractivity contribution in [2.45, 2.75) is 24.7 Å². The van der Waals surface area contributed by atoms with E-state index < -0.39 is 27.6 Å². The predicted molar refractivity (Wildman–Crippen MR) is 123 cm³/mol. The van der Waals surface area contributed by atoms with Gasteiger partial charge in [0.1, 0.15) is 0 Å². The number of nitro benzene ring substituents is 1. The number of benzene rings is 3. The van der Waals surface area contributed by atoms with Gasteiger partial charge in [-0.15, -0.1) is 0 Å². The van der Waals surface area contributed by atoms with Gasteiger partial charge in [-0.25, -0.2) is 4.90 Å². The maximum Gasteiger partial charge on any atom is 0.271 e. The van der Waals surface area contributed by atoms with Crippen LogP contribution in [0.15, 0.2) is 66.7 Å². The molecular formula is C26H19ClN2O4. The normalized spacial score (nSPS) is 29.0. The first-order valence-corrected chi connectivity index (χ1v) is 11.1. The van der Waals surface area contributed by atoms with Crippen molar-refractivity contribution >= 4 is 34.8 Å². The molecular weight excluding hydrogens is 440 g/mol. The minimum absolute atomic E-state index is 0.0648. The van der Waals surface area contributed by atoms with E-state index >= 15 is 0 Å². The smallest absolute Gasteiger partial charge is 0.271 e. The third-order valence-corrected chi connectivity index (χ3v) is 8.34. The summed E-state index contributed by atoms with van der Waals surface area (Å²) in [4.78, 5) is 39.9. The number of rotatable bonds is 2. The molecule has 164 valence electrons. The summed E-state index contributed by atoms with van der Waals surface area (Å²) in [7, 11) is 0. The van der Waals surface area contributed by atoms with Crippen LogP contribution in [0.3, 0.4) is 0 Å². The highest BCUT2D eigenvalue weighted by Gasteiger charge is 2.70. The Morgan fingerprint density at radius 1 is 0.818 bits per heavy atom. The third kappa shape index (κ3) is 2.19. The molecule has 3 aliphatic carbocycles. The fraction of sp³-hybridized carbons (Fsp3) is 0.231. The summed E-state index contributed by atoms with van der Waals surface area (Å²) < 4.78 is 0. The molecule has 3 aromatic rings. The number of hydrogen-bond donors (Lipinski definition) is 0. The molecule has 3 aromatic carbocycles. The number of halogens is 1. The molecule has 33 heavy (non-hydrogen) atoms. The number of hydrogen-bond acceptors (Lipinski definition) is 4. The number of carbonyl (C=O) groups is 2. The van der Waals surface area contributed by atoms with Crippen LogP contribution in [-0.4, -0.2) is 16.7 Å². The van der Waals surface area contributed by atoms with Crippen LogP contribution in [0.5, 0.6) is 0 Å². The van der Waals surface area contributed by atoms with E-state index in [0.29, 0.717) is 0 Å². The first-order valence-electron chi connectivity index (χ1n) is 10.7. The highest BCUT2D eigenvalue weighted by atomic mass is 35.5. The van der Waals surface area contributed by atoms with Crippen LogP contribution in [0.25, 0.3) is 0 Å². The number of non-ortho nitro benzene ring substituents is 1. The fourth-order valence-electron chi connectivity index (χ4n) is 6.59. The summed E-state index contributed by atoms with van der Waals surface area (Å²) in [6.07, 6.45) is 0. The summed E-state index contributed by atoms with van der Waals surface area (Å²) in [5.74, 6) is -2.03. The SMILES string of the molecule is CC12c3ccccc3C(C)(c3ccccc31)[C@H]1C(=O)N(c3cc([N+](=O)[O-])ccc3Cl)C(=O)[C@H]12. The summed E-state index contributed by atoms with van der Waals surface area (Å²) >= 11 is 6.38. The molecule has 0 aromatic heterocycles. The van der Waals surface area contributed by atoms with E-state index in [4.69, 9.17) is 11.6 Å². The van der Waals surface area contributed by atoms with Crippen LogP contribution < -0.4 is 4.90 Å². The second-order valence-corrected chi connectivity index (χ2v) is 9.76. The van der Waals surface area contributed by atoms with E-state index in [9.17, 15) is 19.7 Å². The number of carbonyl (C=O) groups excluding carboxylic acids is 2. The zero-order valence-corrected chi connectivity index (χ0v) is 18.7. The monoisotopic (exact) mass is 458 g/mol. The fourth-order valence-corrected chi connectivity index (χ4v) is 6.80. The largest absolute Gasteiger partial charge is 0.274 e. The second-order valence-electron chi connectivity index (χ2n) is 9.36. The third-order valence-electron chi connectivity index (χ3n) is 8.02.